The van der Waals surface area contributed by atoms with E-state index in [0.717, 1.165) is 11.0 Å². The van der Waals surface area contributed by atoms with Crippen molar-refractivity contribution in [3.8, 4) is 11.6 Å². The van der Waals surface area contributed by atoms with Gasteiger partial charge < -0.3 is 10.2 Å². The van der Waals surface area contributed by atoms with Crippen molar-refractivity contribution < 1.29 is 4.42 Å². The number of para-hydroxylation sites is 1. The molecule has 0 radical (unpaired) electrons. The molecule has 0 amide bonds. The highest BCUT2D eigenvalue weighted by Gasteiger charge is 2.13. The number of aromatic nitrogens is 4. The fourth-order valence-corrected chi connectivity index (χ4v) is 1.75. The predicted molar refractivity (Wildman–Crippen MR) is 62.1 cm³/mol. The molecule has 2 N–H and O–H groups in total. The number of hydrogen-bond donors (Lipinski definition) is 1. The normalized spacial score (nSPS) is 11.1. The van der Waals surface area contributed by atoms with Crippen LogP contribution in [0.25, 0.3) is 22.6 Å². The maximum Gasteiger partial charge on any atom is 0.217 e. The van der Waals surface area contributed by atoms with Gasteiger partial charge in [-0.2, -0.15) is 0 Å². The zero-order valence-corrected chi connectivity index (χ0v) is 9.08. The first kappa shape index (κ1) is 9.98. The van der Waals surface area contributed by atoms with E-state index in [9.17, 15) is 0 Å². The van der Waals surface area contributed by atoms with Crippen LogP contribution < -0.4 is 5.73 Å². The molecule has 0 atom stereocenters. The Bertz CT molecular complexity index is 609. The number of tetrazole rings is 1. The summed E-state index contributed by atoms with van der Waals surface area (Å²) >= 11 is 0. The first-order chi connectivity index (χ1) is 8.38. The van der Waals surface area contributed by atoms with Crippen LogP contribution in [0.15, 0.2) is 34.7 Å². The summed E-state index contributed by atoms with van der Waals surface area (Å²) in [5.74, 6) is 1.26. The minimum atomic E-state index is 0.484. The Balaban J connectivity index is 2.10. The number of nitrogens with two attached hydrogens (primary N) is 1. The monoisotopic (exact) mass is 229 g/mol. The summed E-state index contributed by atoms with van der Waals surface area (Å²) in [7, 11) is 0. The zero-order chi connectivity index (χ0) is 11.7. The fraction of sp³-hybridized carbons (Fsp3) is 0.182. The van der Waals surface area contributed by atoms with Gasteiger partial charge in [0.05, 0.1) is 6.54 Å². The van der Waals surface area contributed by atoms with Gasteiger partial charge in [-0.1, -0.05) is 18.2 Å². The van der Waals surface area contributed by atoms with Gasteiger partial charge in [0, 0.05) is 11.9 Å². The van der Waals surface area contributed by atoms with Gasteiger partial charge in [-0.15, -0.1) is 5.10 Å². The number of furan rings is 1. The van der Waals surface area contributed by atoms with Gasteiger partial charge in [0.25, 0.3) is 0 Å². The Morgan fingerprint density at radius 3 is 3.00 bits per heavy atom. The van der Waals surface area contributed by atoms with Gasteiger partial charge in [0.2, 0.25) is 5.82 Å². The minimum Gasteiger partial charge on any atom is -0.453 e. The fourth-order valence-electron chi connectivity index (χ4n) is 1.75. The van der Waals surface area contributed by atoms with E-state index in [4.69, 9.17) is 10.2 Å². The van der Waals surface area contributed by atoms with E-state index in [1.54, 1.807) is 4.68 Å². The Morgan fingerprint density at radius 2 is 2.18 bits per heavy atom. The van der Waals surface area contributed by atoms with Gasteiger partial charge in [0.1, 0.15) is 5.58 Å². The van der Waals surface area contributed by atoms with Crippen molar-refractivity contribution in [2.75, 3.05) is 6.54 Å². The Kier molecular flexibility index (Phi) is 2.34. The second-order valence-electron chi connectivity index (χ2n) is 3.66. The standard InChI is InChI=1S/C11H11N5O/c12-5-6-16-11(13-14-15-16)10-7-8-3-1-2-4-9(8)17-10/h1-4,7H,5-6,12H2. The third-order valence-electron chi connectivity index (χ3n) is 2.52. The molecule has 6 heteroatoms. The van der Waals surface area contributed by atoms with Crippen molar-refractivity contribution >= 4 is 11.0 Å². The molecule has 0 fully saturated rings. The van der Waals surface area contributed by atoms with Crippen LogP contribution in [0, 0.1) is 0 Å². The molecule has 0 bridgehead atoms. The third-order valence-corrected chi connectivity index (χ3v) is 2.52. The van der Waals surface area contributed by atoms with E-state index in [-0.39, 0.29) is 0 Å². The van der Waals surface area contributed by atoms with Crippen LogP contribution in [0.4, 0.5) is 0 Å². The van der Waals surface area contributed by atoms with E-state index < -0.39 is 0 Å². The molecule has 6 nitrogen and oxygen atoms in total. The van der Waals surface area contributed by atoms with Crippen LogP contribution in [0.2, 0.25) is 0 Å². The highest BCUT2D eigenvalue weighted by molar-refractivity contribution is 5.81. The van der Waals surface area contributed by atoms with Crippen LogP contribution in [0.3, 0.4) is 0 Å². The van der Waals surface area contributed by atoms with Crippen LogP contribution >= 0.6 is 0 Å². The minimum absolute atomic E-state index is 0.484. The third kappa shape index (κ3) is 1.68. The van der Waals surface area contributed by atoms with Gasteiger partial charge >= 0.3 is 0 Å². The topological polar surface area (TPSA) is 82.8 Å². The molecule has 0 spiro atoms. The van der Waals surface area contributed by atoms with E-state index in [0.29, 0.717) is 24.7 Å². The summed E-state index contributed by atoms with van der Waals surface area (Å²) in [6.07, 6.45) is 0. The van der Waals surface area contributed by atoms with Crippen molar-refractivity contribution in [2.24, 2.45) is 5.73 Å². The van der Waals surface area contributed by atoms with Crippen molar-refractivity contribution in [3.63, 3.8) is 0 Å². The molecule has 0 unspecified atom stereocenters. The average molecular weight is 229 g/mol. The molecule has 0 saturated heterocycles. The molecular formula is C11H11N5O. The molecule has 17 heavy (non-hydrogen) atoms. The van der Waals surface area contributed by atoms with Crippen LogP contribution in [-0.4, -0.2) is 26.8 Å². The maximum absolute atomic E-state index is 5.70. The van der Waals surface area contributed by atoms with Crippen molar-refractivity contribution in [2.45, 2.75) is 6.54 Å². The Morgan fingerprint density at radius 1 is 1.29 bits per heavy atom. The molecular weight excluding hydrogens is 218 g/mol. The van der Waals surface area contributed by atoms with Gasteiger partial charge in [-0.25, -0.2) is 4.68 Å². The molecule has 3 rings (SSSR count). The molecule has 1 aromatic carbocycles. The summed E-state index contributed by atoms with van der Waals surface area (Å²) in [5, 5.41) is 12.5. The van der Waals surface area contributed by atoms with Crippen LogP contribution in [0.5, 0.6) is 0 Å². The first-order valence-corrected chi connectivity index (χ1v) is 5.33. The molecule has 86 valence electrons. The highest BCUT2D eigenvalue weighted by Crippen LogP contribution is 2.25. The molecule has 0 aliphatic carbocycles. The Labute approximate surface area is 97.0 Å². The second kappa shape index (κ2) is 3.99. The van der Waals surface area contributed by atoms with E-state index in [2.05, 4.69) is 15.5 Å². The smallest absolute Gasteiger partial charge is 0.217 e. The lowest BCUT2D eigenvalue weighted by atomic mass is 10.2. The van der Waals surface area contributed by atoms with E-state index in [1.165, 1.54) is 0 Å². The highest BCUT2D eigenvalue weighted by atomic mass is 16.3. The lowest BCUT2D eigenvalue weighted by molar-refractivity contribution is 0.577. The summed E-state index contributed by atoms with van der Waals surface area (Å²) in [5.41, 5.74) is 6.32. The molecule has 0 aliphatic rings. The zero-order valence-electron chi connectivity index (χ0n) is 9.08. The predicted octanol–water partition coefficient (Wildman–Crippen LogP) is 1.04. The lowest BCUT2D eigenvalue weighted by Gasteiger charge is -1.98. The van der Waals surface area contributed by atoms with Crippen LogP contribution in [-0.2, 0) is 6.54 Å². The second-order valence-corrected chi connectivity index (χ2v) is 3.66. The lowest BCUT2D eigenvalue weighted by Crippen LogP contribution is -2.12. The van der Waals surface area contributed by atoms with E-state index >= 15 is 0 Å². The number of hydrogen-bond acceptors (Lipinski definition) is 5. The summed E-state index contributed by atoms with van der Waals surface area (Å²) in [6, 6.07) is 9.71. The molecule has 2 aromatic heterocycles. The number of nitrogens with zero attached hydrogens (tertiary/aromatic N) is 4. The molecule has 3 aromatic rings. The maximum atomic E-state index is 5.70. The van der Waals surface area contributed by atoms with Gasteiger partial charge in [-0.3, -0.25) is 0 Å². The molecule has 0 saturated carbocycles. The first-order valence-electron chi connectivity index (χ1n) is 5.33. The molecule has 2 heterocycles. The SMILES string of the molecule is NCCn1nnnc1-c1cc2ccccc2o1. The molecule has 0 aliphatic heterocycles. The average Bonchev–Trinajstić information content (AvgIpc) is 2.94. The summed E-state index contributed by atoms with van der Waals surface area (Å²) in [6.45, 7) is 1.05. The van der Waals surface area contributed by atoms with Gasteiger partial charge in [0.15, 0.2) is 5.76 Å². The number of rotatable bonds is 3. The van der Waals surface area contributed by atoms with Gasteiger partial charge in [-0.05, 0) is 22.6 Å². The summed E-state index contributed by atoms with van der Waals surface area (Å²) in [4.78, 5) is 0. The van der Waals surface area contributed by atoms with Crippen molar-refractivity contribution in [1.82, 2.24) is 20.2 Å². The summed E-state index contributed by atoms with van der Waals surface area (Å²) < 4.78 is 7.33. The van der Waals surface area contributed by atoms with E-state index in [1.807, 2.05) is 30.3 Å². The Hall–Kier alpha value is -2.21. The van der Waals surface area contributed by atoms with Crippen molar-refractivity contribution in [3.05, 3.63) is 30.3 Å². The van der Waals surface area contributed by atoms with Crippen LogP contribution in [0.1, 0.15) is 0 Å². The number of fused-ring (bicyclic) bond motifs is 1. The number of benzene rings is 1. The van der Waals surface area contributed by atoms with Crippen molar-refractivity contribution in [1.29, 1.82) is 0 Å². The largest absolute Gasteiger partial charge is 0.453 e. The quantitative estimate of drug-likeness (QED) is 0.725.